The second kappa shape index (κ2) is 6.82. The fourth-order valence-corrected chi connectivity index (χ4v) is 1.67. The maximum absolute atomic E-state index is 13.4. The molecule has 0 spiro atoms. The van der Waals surface area contributed by atoms with Gasteiger partial charge in [-0.1, -0.05) is 17.7 Å². The molecule has 1 aromatic carbocycles. The zero-order chi connectivity index (χ0) is 12.8. The van der Waals surface area contributed by atoms with Gasteiger partial charge in [0.2, 0.25) is 5.91 Å². The average molecular weight is 278 g/mol. The molecule has 94 valence electrons. The summed E-state index contributed by atoms with van der Waals surface area (Å²) in [6.07, 6.45) is 0.625. The molecule has 2 nitrogen and oxygen atoms in total. The van der Waals surface area contributed by atoms with Crippen molar-refractivity contribution in [2.24, 2.45) is 0 Å². The molecule has 0 aliphatic carbocycles. The monoisotopic (exact) mass is 277 g/mol. The minimum Gasteiger partial charge on any atom is -0.356 e. The number of hydrogen-bond donors (Lipinski definition) is 1. The first-order valence-electron chi connectivity index (χ1n) is 5.34. The highest BCUT2D eigenvalue weighted by Crippen LogP contribution is 2.19. The van der Waals surface area contributed by atoms with Crippen LogP contribution in [0.2, 0.25) is 5.02 Å². The lowest BCUT2D eigenvalue weighted by Gasteiger charge is -2.08. The summed E-state index contributed by atoms with van der Waals surface area (Å²) in [5.41, 5.74) is 0.227. The van der Waals surface area contributed by atoms with Crippen molar-refractivity contribution >= 4 is 29.1 Å². The van der Waals surface area contributed by atoms with Crippen molar-refractivity contribution in [3.63, 3.8) is 0 Å². The Balaban J connectivity index is 2.51. The van der Waals surface area contributed by atoms with Gasteiger partial charge in [-0.3, -0.25) is 4.79 Å². The summed E-state index contributed by atoms with van der Waals surface area (Å²) in [4.78, 5) is 11.5. The number of benzene rings is 1. The van der Waals surface area contributed by atoms with Crippen LogP contribution in [0.1, 0.15) is 18.9 Å². The highest BCUT2D eigenvalue weighted by molar-refractivity contribution is 6.31. The number of amides is 1. The van der Waals surface area contributed by atoms with Gasteiger partial charge in [0.25, 0.3) is 0 Å². The SMILES string of the molecule is CC(Cl)CCNC(=O)Cc1c(F)cccc1Cl. The Morgan fingerprint density at radius 3 is 2.82 bits per heavy atom. The van der Waals surface area contributed by atoms with Crippen LogP contribution < -0.4 is 5.32 Å². The van der Waals surface area contributed by atoms with E-state index in [1.165, 1.54) is 12.1 Å². The standard InChI is InChI=1S/C12H14Cl2FNO/c1-8(13)5-6-16-12(17)7-9-10(14)3-2-4-11(9)15/h2-4,8H,5-7H2,1H3,(H,16,17). The van der Waals surface area contributed by atoms with E-state index in [0.29, 0.717) is 13.0 Å². The molecule has 1 atom stereocenters. The number of carbonyl (C=O) groups is 1. The molecular formula is C12H14Cl2FNO. The van der Waals surface area contributed by atoms with Crippen LogP contribution in [0.4, 0.5) is 4.39 Å². The van der Waals surface area contributed by atoms with E-state index in [9.17, 15) is 9.18 Å². The first-order chi connectivity index (χ1) is 8.00. The lowest BCUT2D eigenvalue weighted by atomic mass is 10.1. The normalized spacial score (nSPS) is 12.2. The summed E-state index contributed by atoms with van der Waals surface area (Å²) >= 11 is 11.6. The van der Waals surface area contributed by atoms with Crippen LogP contribution >= 0.6 is 23.2 Å². The molecule has 5 heteroatoms. The fourth-order valence-electron chi connectivity index (χ4n) is 1.33. The Morgan fingerprint density at radius 1 is 1.53 bits per heavy atom. The minimum atomic E-state index is -0.460. The quantitative estimate of drug-likeness (QED) is 0.824. The van der Waals surface area contributed by atoms with Crippen molar-refractivity contribution in [1.82, 2.24) is 5.32 Å². The number of rotatable bonds is 5. The Bertz CT molecular complexity index is 376. The second-order valence-electron chi connectivity index (χ2n) is 3.80. The van der Waals surface area contributed by atoms with Crippen LogP contribution in [-0.2, 0) is 11.2 Å². The van der Waals surface area contributed by atoms with Crippen molar-refractivity contribution in [3.05, 3.63) is 34.6 Å². The van der Waals surface area contributed by atoms with Gasteiger partial charge in [0.1, 0.15) is 5.82 Å². The van der Waals surface area contributed by atoms with Gasteiger partial charge in [-0.25, -0.2) is 4.39 Å². The zero-order valence-electron chi connectivity index (χ0n) is 9.47. The molecular weight excluding hydrogens is 264 g/mol. The van der Waals surface area contributed by atoms with Gasteiger partial charge >= 0.3 is 0 Å². The molecule has 1 aromatic rings. The van der Waals surface area contributed by atoms with Crippen molar-refractivity contribution in [3.8, 4) is 0 Å². The average Bonchev–Trinajstić information content (AvgIpc) is 2.23. The summed E-state index contributed by atoms with van der Waals surface area (Å²) < 4.78 is 13.4. The Morgan fingerprint density at radius 2 is 2.24 bits per heavy atom. The maximum Gasteiger partial charge on any atom is 0.224 e. The number of carbonyl (C=O) groups excluding carboxylic acids is 1. The molecule has 0 radical (unpaired) electrons. The van der Waals surface area contributed by atoms with E-state index in [1.54, 1.807) is 6.07 Å². The highest BCUT2D eigenvalue weighted by atomic mass is 35.5. The summed E-state index contributed by atoms with van der Waals surface area (Å²) in [5, 5.41) is 2.94. The minimum absolute atomic E-state index is 0.00680. The smallest absolute Gasteiger partial charge is 0.224 e. The van der Waals surface area contributed by atoms with Crippen molar-refractivity contribution < 1.29 is 9.18 Å². The largest absolute Gasteiger partial charge is 0.356 e. The lowest BCUT2D eigenvalue weighted by molar-refractivity contribution is -0.120. The van der Waals surface area contributed by atoms with E-state index in [4.69, 9.17) is 23.2 Å². The zero-order valence-corrected chi connectivity index (χ0v) is 11.0. The first kappa shape index (κ1) is 14.3. The van der Waals surface area contributed by atoms with E-state index < -0.39 is 5.82 Å². The summed E-state index contributed by atoms with van der Waals surface area (Å²) in [6, 6.07) is 4.36. The lowest BCUT2D eigenvalue weighted by Crippen LogP contribution is -2.27. The van der Waals surface area contributed by atoms with E-state index in [2.05, 4.69) is 5.32 Å². The molecule has 0 aliphatic rings. The molecule has 1 N–H and O–H groups in total. The number of halogens is 3. The van der Waals surface area contributed by atoms with Crippen molar-refractivity contribution in [2.45, 2.75) is 25.1 Å². The maximum atomic E-state index is 13.4. The fraction of sp³-hybridized carbons (Fsp3) is 0.417. The van der Waals surface area contributed by atoms with Gasteiger partial charge in [-0.15, -0.1) is 11.6 Å². The van der Waals surface area contributed by atoms with Gasteiger partial charge in [0.15, 0.2) is 0 Å². The van der Waals surface area contributed by atoms with Gasteiger partial charge in [0.05, 0.1) is 6.42 Å². The van der Waals surface area contributed by atoms with Crippen LogP contribution in [0, 0.1) is 5.82 Å². The summed E-state index contributed by atoms with van der Waals surface area (Å²) in [5.74, 6) is -0.715. The Labute approximate surface area is 110 Å². The Hall–Kier alpha value is -0.800. The van der Waals surface area contributed by atoms with Gasteiger partial charge in [-0.05, 0) is 25.5 Å². The molecule has 0 heterocycles. The predicted octanol–water partition coefficient (Wildman–Crippen LogP) is 3.16. The predicted molar refractivity (Wildman–Crippen MR) is 68.1 cm³/mol. The molecule has 1 amide bonds. The van der Waals surface area contributed by atoms with E-state index in [-0.39, 0.29) is 28.3 Å². The molecule has 1 unspecified atom stereocenters. The second-order valence-corrected chi connectivity index (χ2v) is 4.95. The molecule has 0 saturated heterocycles. The van der Waals surface area contributed by atoms with E-state index in [0.717, 1.165) is 0 Å². The van der Waals surface area contributed by atoms with Crippen LogP contribution in [0.3, 0.4) is 0 Å². The molecule has 0 aromatic heterocycles. The molecule has 0 saturated carbocycles. The summed E-state index contributed by atoms with van der Waals surface area (Å²) in [7, 11) is 0. The third-order valence-corrected chi connectivity index (χ3v) is 2.84. The van der Waals surface area contributed by atoms with Gasteiger partial charge < -0.3 is 5.32 Å². The molecule has 0 fully saturated rings. The Kier molecular flexibility index (Phi) is 5.72. The third kappa shape index (κ3) is 4.92. The van der Waals surface area contributed by atoms with E-state index in [1.807, 2.05) is 6.92 Å². The van der Waals surface area contributed by atoms with Crippen LogP contribution in [0.5, 0.6) is 0 Å². The molecule has 0 aliphatic heterocycles. The van der Waals surface area contributed by atoms with Gasteiger partial charge in [-0.2, -0.15) is 0 Å². The number of nitrogens with one attached hydrogen (secondary N) is 1. The topological polar surface area (TPSA) is 29.1 Å². The van der Waals surface area contributed by atoms with Crippen LogP contribution in [-0.4, -0.2) is 17.8 Å². The first-order valence-corrected chi connectivity index (χ1v) is 6.15. The number of hydrogen-bond acceptors (Lipinski definition) is 1. The molecule has 0 bridgehead atoms. The summed E-state index contributed by atoms with van der Waals surface area (Å²) in [6.45, 7) is 2.33. The van der Waals surface area contributed by atoms with E-state index >= 15 is 0 Å². The van der Waals surface area contributed by atoms with Gasteiger partial charge in [0, 0.05) is 22.5 Å². The van der Waals surface area contributed by atoms with Crippen molar-refractivity contribution in [1.29, 1.82) is 0 Å². The van der Waals surface area contributed by atoms with Crippen LogP contribution in [0.25, 0.3) is 0 Å². The van der Waals surface area contributed by atoms with Crippen molar-refractivity contribution in [2.75, 3.05) is 6.54 Å². The van der Waals surface area contributed by atoms with Crippen LogP contribution in [0.15, 0.2) is 18.2 Å². The highest BCUT2D eigenvalue weighted by Gasteiger charge is 2.11. The molecule has 17 heavy (non-hydrogen) atoms. The molecule has 1 rings (SSSR count). The number of alkyl halides is 1. The third-order valence-electron chi connectivity index (χ3n) is 2.26.